The number of pyridine rings is 1. The lowest BCUT2D eigenvalue weighted by atomic mass is 9.75. The van der Waals surface area contributed by atoms with Crippen molar-refractivity contribution in [2.24, 2.45) is 5.41 Å². The summed E-state index contributed by atoms with van der Waals surface area (Å²) in [5.74, 6) is -1.06. The van der Waals surface area contributed by atoms with Crippen LogP contribution in [-0.2, 0) is 11.2 Å². The second-order valence-electron chi connectivity index (χ2n) is 4.68. The number of aliphatic carboxylic acids is 1. The van der Waals surface area contributed by atoms with E-state index in [2.05, 4.69) is 4.98 Å². The molecule has 0 aliphatic heterocycles. The molecule has 2 aliphatic rings. The number of aryl methyl sites for hydroxylation is 1. The van der Waals surface area contributed by atoms with E-state index in [1.54, 1.807) is 6.20 Å². The van der Waals surface area contributed by atoms with E-state index in [0.717, 1.165) is 36.9 Å². The van der Waals surface area contributed by atoms with Crippen LogP contribution < -0.4 is 0 Å². The van der Waals surface area contributed by atoms with E-state index in [9.17, 15) is 9.90 Å². The van der Waals surface area contributed by atoms with Crippen LogP contribution in [0.25, 0.3) is 0 Å². The highest BCUT2D eigenvalue weighted by Crippen LogP contribution is 2.61. The Bertz CT molecular complexity index is 423. The Hall–Kier alpha value is -1.38. The maximum absolute atomic E-state index is 11.3. The van der Waals surface area contributed by atoms with Crippen LogP contribution in [0.2, 0.25) is 0 Å². The molecule has 0 saturated heterocycles. The summed E-state index contributed by atoms with van der Waals surface area (Å²) < 4.78 is 0. The smallest absolute Gasteiger partial charge is 0.313 e. The molecule has 1 spiro atoms. The van der Waals surface area contributed by atoms with Crippen LogP contribution in [-0.4, -0.2) is 16.1 Å². The second-order valence-corrected chi connectivity index (χ2v) is 4.68. The first kappa shape index (κ1) is 8.89. The number of hydrogen-bond acceptors (Lipinski definition) is 2. The van der Waals surface area contributed by atoms with Crippen LogP contribution in [0.15, 0.2) is 18.3 Å². The van der Waals surface area contributed by atoms with Crippen LogP contribution >= 0.6 is 0 Å². The second kappa shape index (κ2) is 2.81. The lowest BCUT2D eigenvalue weighted by molar-refractivity contribution is -0.141. The fraction of sp³-hybridized carbons (Fsp3) is 0.500. The summed E-state index contributed by atoms with van der Waals surface area (Å²) in [6.45, 7) is 0. The van der Waals surface area contributed by atoms with Crippen molar-refractivity contribution in [2.45, 2.75) is 31.6 Å². The van der Waals surface area contributed by atoms with Crippen molar-refractivity contribution in [3.8, 4) is 0 Å². The molecule has 15 heavy (non-hydrogen) atoms. The van der Waals surface area contributed by atoms with Crippen LogP contribution in [0.5, 0.6) is 0 Å². The molecule has 0 bridgehead atoms. The predicted octanol–water partition coefficient (Wildman–Crippen LogP) is 1.98. The summed E-state index contributed by atoms with van der Waals surface area (Å²) in [6, 6.07) is 3.90. The predicted molar refractivity (Wildman–Crippen MR) is 54.6 cm³/mol. The molecular formula is C12H13NO2. The Kier molecular flexibility index (Phi) is 1.67. The molecule has 1 heterocycles. The van der Waals surface area contributed by atoms with E-state index in [1.807, 2.05) is 12.1 Å². The van der Waals surface area contributed by atoms with E-state index < -0.39 is 5.97 Å². The van der Waals surface area contributed by atoms with Crippen molar-refractivity contribution in [3.05, 3.63) is 29.6 Å². The molecule has 0 radical (unpaired) electrons. The molecule has 1 N–H and O–H groups in total. The zero-order chi connectivity index (χ0) is 10.5. The van der Waals surface area contributed by atoms with E-state index in [1.165, 1.54) is 0 Å². The average molecular weight is 203 g/mol. The minimum atomic E-state index is -0.702. The molecule has 0 aromatic carbocycles. The van der Waals surface area contributed by atoms with Gasteiger partial charge in [-0.2, -0.15) is 0 Å². The number of carbonyl (C=O) groups is 1. The van der Waals surface area contributed by atoms with Crippen molar-refractivity contribution >= 4 is 5.97 Å². The molecule has 3 rings (SSSR count). The van der Waals surface area contributed by atoms with Gasteiger partial charge in [-0.25, -0.2) is 0 Å². The van der Waals surface area contributed by atoms with Gasteiger partial charge in [0.25, 0.3) is 0 Å². The summed E-state index contributed by atoms with van der Waals surface area (Å²) in [4.78, 5) is 15.6. The number of carboxylic acid groups (broad SMARTS) is 1. The van der Waals surface area contributed by atoms with Crippen LogP contribution in [0.1, 0.15) is 36.4 Å². The first-order valence-corrected chi connectivity index (χ1v) is 5.40. The maximum atomic E-state index is 11.3. The highest BCUT2D eigenvalue weighted by Gasteiger charge is 2.55. The van der Waals surface area contributed by atoms with Gasteiger partial charge in [0.05, 0.1) is 5.69 Å². The summed E-state index contributed by atoms with van der Waals surface area (Å²) in [7, 11) is 0. The van der Waals surface area contributed by atoms with Gasteiger partial charge >= 0.3 is 5.97 Å². The topological polar surface area (TPSA) is 50.2 Å². The summed E-state index contributed by atoms with van der Waals surface area (Å²) in [5.41, 5.74) is 1.99. The molecule has 3 nitrogen and oxygen atoms in total. The lowest BCUT2D eigenvalue weighted by Crippen LogP contribution is -2.29. The van der Waals surface area contributed by atoms with Gasteiger partial charge < -0.3 is 5.11 Å². The van der Waals surface area contributed by atoms with Crippen molar-refractivity contribution < 1.29 is 9.90 Å². The zero-order valence-electron chi connectivity index (χ0n) is 8.44. The Morgan fingerprint density at radius 1 is 1.47 bits per heavy atom. The highest BCUT2D eigenvalue weighted by molar-refractivity contribution is 5.78. The van der Waals surface area contributed by atoms with Crippen molar-refractivity contribution in [1.29, 1.82) is 0 Å². The van der Waals surface area contributed by atoms with E-state index >= 15 is 0 Å². The number of carboxylic acids is 1. The third kappa shape index (κ3) is 1.19. The lowest BCUT2D eigenvalue weighted by Gasteiger charge is -2.29. The molecule has 1 saturated carbocycles. The fourth-order valence-corrected chi connectivity index (χ4v) is 2.82. The third-order valence-electron chi connectivity index (χ3n) is 3.84. The minimum Gasteiger partial charge on any atom is -0.481 e. The Morgan fingerprint density at radius 2 is 2.27 bits per heavy atom. The number of nitrogens with zero attached hydrogens (tertiary/aromatic N) is 1. The van der Waals surface area contributed by atoms with E-state index in [-0.39, 0.29) is 11.3 Å². The zero-order valence-corrected chi connectivity index (χ0v) is 8.44. The van der Waals surface area contributed by atoms with Crippen LogP contribution in [0.3, 0.4) is 0 Å². The number of aromatic nitrogens is 1. The number of hydrogen-bond donors (Lipinski definition) is 1. The molecule has 1 aromatic rings. The first-order valence-electron chi connectivity index (χ1n) is 5.40. The Balaban J connectivity index is 2.12. The largest absolute Gasteiger partial charge is 0.481 e. The van der Waals surface area contributed by atoms with Crippen molar-refractivity contribution in [1.82, 2.24) is 4.98 Å². The Labute approximate surface area is 88.1 Å². The van der Waals surface area contributed by atoms with Crippen LogP contribution in [0.4, 0.5) is 0 Å². The quantitative estimate of drug-likeness (QED) is 0.759. The van der Waals surface area contributed by atoms with Gasteiger partial charge in [-0.1, -0.05) is 6.07 Å². The van der Waals surface area contributed by atoms with Gasteiger partial charge in [-0.3, -0.25) is 9.78 Å². The van der Waals surface area contributed by atoms with Gasteiger partial charge in [0.2, 0.25) is 0 Å². The first-order chi connectivity index (χ1) is 7.23. The molecule has 1 unspecified atom stereocenters. The monoisotopic (exact) mass is 203 g/mol. The molecule has 1 atom stereocenters. The van der Waals surface area contributed by atoms with Gasteiger partial charge in [0.1, 0.15) is 5.92 Å². The van der Waals surface area contributed by atoms with Crippen molar-refractivity contribution in [2.75, 3.05) is 0 Å². The third-order valence-corrected chi connectivity index (χ3v) is 3.84. The van der Waals surface area contributed by atoms with E-state index in [0.29, 0.717) is 0 Å². The van der Waals surface area contributed by atoms with Crippen molar-refractivity contribution in [3.63, 3.8) is 0 Å². The molecule has 3 heteroatoms. The minimum absolute atomic E-state index is 0.0488. The van der Waals surface area contributed by atoms with Gasteiger partial charge in [-0.05, 0) is 42.7 Å². The number of rotatable bonds is 1. The Morgan fingerprint density at radius 3 is 2.93 bits per heavy atom. The summed E-state index contributed by atoms with van der Waals surface area (Å²) in [5, 5.41) is 9.32. The molecule has 0 amide bonds. The average Bonchev–Trinajstić information content (AvgIpc) is 2.98. The maximum Gasteiger partial charge on any atom is 0.313 e. The molecular weight excluding hydrogens is 190 g/mol. The normalized spacial score (nSPS) is 26.0. The standard InChI is InChI=1S/C12H13NO2/c14-11(15)9-10-8(2-1-7-13-10)3-4-12(9)5-6-12/h1-2,7,9H,3-6H2,(H,14,15). The SMILES string of the molecule is O=C(O)C1c2ncccc2CCC12CC2. The van der Waals surface area contributed by atoms with Gasteiger partial charge in [0.15, 0.2) is 0 Å². The molecule has 78 valence electrons. The van der Waals surface area contributed by atoms with Crippen LogP contribution in [0, 0.1) is 5.41 Å². The summed E-state index contributed by atoms with van der Waals surface area (Å²) in [6.07, 6.45) is 5.83. The summed E-state index contributed by atoms with van der Waals surface area (Å²) >= 11 is 0. The highest BCUT2D eigenvalue weighted by atomic mass is 16.4. The molecule has 1 aromatic heterocycles. The van der Waals surface area contributed by atoms with E-state index in [4.69, 9.17) is 0 Å². The van der Waals surface area contributed by atoms with Gasteiger partial charge in [0, 0.05) is 6.20 Å². The fourth-order valence-electron chi connectivity index (χ4n) is 2.82. The van der Waals surface area contributed by atoms with Gasteiger partial charge in [-0.15, -0.1) is 0 Å². The molecule has 2 aliphatic carbocycles. The molecule has 1 fully saturated rings. The number of fused-ring (bicyclic) bond motifs is 1.